The molecule has 2 amide bonds. The largest absolute Gasteiger partial charge is 0.467 e. The minimum absolute atomic E-state index is 0.120. The van der Waals surface area contributed by atoms with Crippen molar-refractivity contribution in [2.45, 2.75) is 22.9 Å². The van der Waals surface area contributed by atoms with Crippen molar-refractivity contribution in [3.63, 3.8) is 0 Å². The molecule has 170 valence electrons. The molecule has 1 aromatic heterocycles. The van der Waals surface area contributed by atoms with Gasteiger partial charge in [0.05, 0.1) is 51.2 Å². The van der Waals surface area contributed by atoms with E-state index in [2.05, 4.69) is 5.32 Å². The molecule has 4 aromatic rings. The van der Waals surface area contributed by atoms with Crippen molar-refractivity contribution in [3.05, 3.63) is 113 Å². The summed E-state index contributed by atoms with van der Waals surface area (Å²) in [5.74, 6) is -0.484. The first-order valence-corrected chi connectivity index (χ1v) is 11.7. The third kappa shape index (κ3) is 4.15. The van der Waals surface area contributed by atoms with Gasteiger partial charge >= 0.3 is 0 Å². The number of hydrogen-bond donors (Lipinski definition) is 1. The Morgan fingerprint density at radius 1 is 0.971 bits per heavy atom. The summed E-state index contributed by atoms with van der Waals surface area (Å²) in [5, 5.41) is 2.78. The summed E-state index contributed by atoms with van der Waals surface area (Å²) >= 11 is 0. The number of fused-ring (bicyclic) bond motifs is 2. The van der Waals surface area contributed by atoms with Crippen LogP contribution < -0.4 is 10.2 Å². The van der Waals surface area contributed by atoms with Crippen LogP contribution in [0.5, 0.6) is 0 Å². The number of anilines is 1. The lowest BCUT2D eigenvalue weighted by atomic mass is 10.1. The van der Waals surface area contributed by atoms with Gasteiger partial charge in [0.2, 0.25) is 0 Å². The molecule has 1 aliphatic heterocycles. The number of carbonyl (C=O) groups excluding carboxylic acids is 2. The predicted molar refractivity (Wildman–Crippen MR) is 124 cm³/mol. The highest BCUT2D eigenvalue weighted by atomic mass is 32.2. The van der Waals surface area contributed by atoms with Crippen LogP contribution in [0.4, 0.5) is 10.1 Å². The Bertz CT molecular complexity index is 1400. The van der Waals surface area contributed by atoms with Crippen molar-refractivity contribution in [1.82, 2.24) is 5.32 Å². The van der Waals surface area contributed by atoms with E-state index in [1.165, 1.54) is 23.3 Å². The topological polar surface area (TPSA) is 79.6 Å². The summed E-state index contributed by atoms with van der Waals surface area (Å²) in [5.41, 5.74) is 1.70. The molecule has 34 heavy (non-hydrogen) atoms. The number of benzene rings is 3. The fraction of sp³-hybridized carbons (Fsp3) is 0.0769. The lowest BCUT2D eigenvalue weighted by Crippen LogP contribution is -2.31. The molecule has 1 aliphatic rings. The van der Waals surface area contributed by atoms with Crippen LogP contribution >= 0.6 is 0 Å². The molecule has 2 heterocycles. The molecule has 3 aromatic carbocycles. The monoisotopic (exact) mass is 474 g/mol. The summed E-state index contributed by atoms with van der Waals surface area (Å²) in [6.07, 6.45) is 1.52. The molecule has 5 rings (SSSR count). The van der Waals surface area contributed by atoms with E-state index in [1.807, 2.05) is 0 Å². The van der Waals surface area contributed by atoms with E-state index in [0.717, 1.165) is 0 Å². The molecule has 8 heteroatoms. The second-order valence-electron chi connectivity index (χ2n) is 7.73. The summed E-state index contributed by atoms with van der Waals surface area (Å²) in [6.45, 7) is 0.327. The van der Waals surface area contributed by atoms with Gasteiger partial charge in [-0.05, 0) is 60.2 Å². The van der Waals surface area contributed by atoms with Crippen LogP contribution in [0.2, 0.25) is 0 Å². The number of rotatable bonds is 5. The lowest BCUT2D eigenvalue weighted by molar-refractivity contribution is 0.0945. The van der Waals surface area contributed by atoms with Crippen LogP contribution in [0.1, 0.15) is 32.0 Å². The van der Waals surface area contributed by atoms with Crippen molar-refractivity contribution in [1.29, 1.82) is 0 Å². The molecule has 0 spiro atoms. The van der Waals surface area contributed by atoms with Gasteiger partial charge in [0.25, 0.3) is 11.8 Å². The van der Waals surface area contributed by atoms with Gasteiger partial charge in [-0.15, -0.1) is 0 Å². The van der Waals surface area contributed by atoms with Crippen LogP contribution in [-0.2, 0) is 23.9 Å². The molecule has 0 saturated heterocycles. The highest BCUT2D eigenvalue weighted by molar-refractivity contribution is 7.85. The number of carbonyl (C=O) groups is 2. The number of amides is 2. The third-order valence-electron chi connectivity index (χ3n) is 5.53. The second kappa shape index (κ2) is 9.07. The van der Waals surface area contributed by atoms with Crippen molar-refractivity contribution in [3.8, 4) is 0 Å². The fourth-order valence-corrected chi connectivity index (χ4v) is 5.16. The first-order chi connectivity index (χ1) is 16.5. The number of nitrogens with zero attached hydrogens (tertiary/aromatic N) is 1. The molecule has 0 aliphatic carbocycles. The van der Waals surface area contributed by atoms with Gasteiger partial charge in [-0.25, -0.2) is 8.60 Å². The minimum atomic E-state index is -1.63. The Morgan fingerprint density at radius 3 is 2.53 bits per heavy atom. The van der Waals surface area contributed by atoms with Crippen LogP contribution in [0.15, 0.2) is 99.3 Å². The molecular formula is C26H19FN2O4S. The maximum atomic E-state index is 13.6. The first kappa shape index (κ1) is 21.8. The van der Waals surface area contributed by atoms with Gasteiger partial charge in [-0.1, -0.05) is 24.3 Å². The Labute approximate surface area is 197 Å². The highest BCUT2D eigenvalue weighted by Gasteiger charge is 2.31. The SMILES string of the molecule is O=C(NCc1ccco1)c1ccc2c(c1)N(Cc1ccc(F)cc1)C(=O)c1ccccc1[S@]2=O. The number of nitrogens with one attached hydrogen (secondary N) is 1. The van der Waals surface area contributed by atoms with Crippen molar-refractivity contribution in [2.24, 2.45) is 0 Å². The summed E-state index contributed by atoms with van der Waals surface area (Å²) in [4.78, 5) is 28.7. The Morgan fingerprint density at radius 2 is 1.76 bits per heavy atom. The Hall–Kier alpha value is -4.04. The second-order valence-corrected chi connectivity index (χ2v) is 9.14. The first-order valence-electron chi connectivity index (χ1n) is 10.5. The predicted octanol–water partition coefficient (Wildman–Crippen LogP) is 4.68. The zero-order valence-electron chi connectivity index (χ0n) is 17.9. The standard InChI is InChI=1S/C26H19FN2O4S/c27-19-10-7-17(8-11-19)16-29-22-14-18(25(30)28-15-20-4-3-13-33-20)9-12-24(22)34(32)23-6-2-1-5-21(23)26(29)31/h1-14H,15-16H2,(H,28,30)/t34-/m1/s1. The molecule has 1 N–H and O–H groups in total. The Balaban J connectivity index is 1.56. The number of halogens is 1. The molecule has 0 radical (unpaired) electrons. The van der Waals surface area contributed by atoms with Crippen LogP contribution in [-0.4, -0.2) is 16.0 Å². The van der Waals surface area contributed by atoms with Gasteiger partial charge in [0, 0.05) is 5.56 Å². The minimum Gasteiger partial charge on any atom is -0.467 e. The van der Waals surface area contributed by atoms with E-state index in [-0.39, 0.29) is 30.7 Å². The van der Waals surface area contributed by atoms with E-state index in [9.17, 15) is 18.2 Å². The van der Waals surface area contributed by atoms with Crippen LogP contribution in [0, 0.1) is 5.82 Å². The van der Waals surface area contributed by atoms with Gasteiger partial charge in [0.1, 0.15) is 11.6 Å². The fourth-order valence-electron chi connectivity index (χ4n) is 3.82. The molecule has 0 fully saturated rings. The van der Waals surface area contributed by atoms with E-state index < -0.39 is 10.8 Å². The van der Waals surface area contributed by atoms with E-state index in [1.54, 1.807) is 66.7 Å². The lowest BCUT2D eigenvalue weighted by Gasteiger charge is -2.23. The number of hydrogen-bond acceptors (Lipinski definition) is 4. The maximum Gasteiger partial charge on any atom is 0.259 e. The number of furan rings is 1. The zero-order valence-corrected chi connectivity index (χ0v) is 18.7. The Kier molecular flexibility index (Phi) is 5.81. The zero-order chi connectivity index (χ0) is 23.7. The summed E-state index contributed by atoms with van der Waals surface area (Å²) in [6, 6.07) is 20.8. The van der Waals surface area contributed by atoms with E-state index in [4.69, 9.17) is 4.42 Å². The normalized spacial score (nSPS) is 14.8. The summed E-state index contributed by atoms with van der Waals surface area (Å²) < 4.78 is 32.1. The van der Waals surface area contributed by atoms with Gasteiger partial charge in [0.15, 0.2) is 0 Å². The molecule has 0 saturated carbocycles. The summed E-state index contributed by atoms with van der Waals surface area (Å²) in [7, 11) is -1.63. The molecular weight excluding hydrogens is 455 g/mol. The van der Waals surface area contributed by atoms with E-state index >= 15 is 0 Å². The van der Waals surface area contributed by atoms with Crippen molar-refractivity contribution >= 4 is 28.3 Å². The smallest absolute Gasteiger partial charge is 0.259 e. The average Bonchev–Trinajstić information content (AvgIpc) is 3.37. The van der Waals surface area contributed by atoms with Gasteiger partial charge in [-0.2, -0.15) is 0 Å². The quantitative estimate of drug-likeness (QED) is 0.456. The van der Waals surface area contributed by atoms with Crippen molar-refractivity contribution in [2.75, 3.05) is 4.90 Å². The van der Waals surface area contributed by atoms with Gasteiger partial charge < -0.3 is 14.6 Å². The molecule has 6 nitrogen and oxygen atoms in total. The third-order valence-corrected chi connectivity index (χ3v) is 7.03. The average molecular weight is 475 g/mol. The maximum absolute atomic E-state index is 13.6. The molecule has 0 unspecified atom stereocenters. The van der Waals surface area contributed by atoms with Crippen molar-refractivity contribution < 1.29 is 22.6 Å². The van der Waals surface area contributed by atoms with Crippen LogP contribution in [0.3, 0.4) is 0 Å². The molecule has 0 bridgehead atoms. The molecule has 1 atom stereocenters. The van der Waals surface area contributed by atoms with Gasteiger partial charge in [-0.3, -0.25) is 9.59 Å². The highest BCUT2D eigenvalue weighted by Crippen LogP contribution is 2.36. The van der Waals surface area contributed by atoms with Crippen LogP contribution in [0.25, 0.3) is 0 Å². The van der Waals surface area contributed by atoms with E-state index in [0.29, 0.717) is 37.9 Å².